The number of amides is 1. The van der Waals surface area contributed by atoms with Crippen LogP contribution in [0.3, 0.4) is 0 Å². The highest BCUT2D eigenvalue weighted by molar-refractivity contribution is 7.89. The highest BCUT2D eigenvalue weighted by Gasteiger charge is 2.43. The molecule has 1 aliphatic heterocycles. The molecule has 0 radical (unpaired) electrons. The molecule has 7 heteroatoms. The number of sulfonamides is 1. The second-order valence-corrected chi connectivity index (χ2v) is 7.43. The normalized spacial score (nSPS) is 22.9. The molecule has 1 aromatic carbocycles. The fourth-order valence-electron chi connectivity index (χ4n) is 2.34. The number of hydrogen-bond acceptors (Lipinski definition) is 4. The Labute approximate surface area is 124 Å². The molecule has 1 amide bonds. The van der Waals surface area contributed by atoms with Crippen molar-refractivity contribution in [3.8, 4) is 6.07 Å². The molecule has 0 spiro atoms. The lowest BCUT2D eigenvalue weighted by molar-refractivity contribution is -0.126. The van der Waals surface area contributed by atoms with Gasteiger partial charge in [-0.05, 0) is 31.0 Å². The van der Waals surface area contributed by atoms with Crippen LogP contribution in [0, 0.1) is 16.7 Å². The van der Waals surface area contributed by atoms with E-state index in [0.29, 0.717) is 6.42 Å². The first kappa shape index (κ1) is 15.5. The van der Waals surface area contributed by atoms with E-state index in [1.165, 1.54) is 16.4 Å². The van der Waals surface area contributed by atoms with Gasteiger partial charge in [0.2, 0.25) is 15.9 Å². The summed E-state index contributed by atoms with van der Waals surface area (Å²) < 4.78 is 26.3. The maximum Gasteiger partial charge on any atom is 0.243 e. The molecule has 0 aliphatic carbocycles. The zero-order valence-electron chi connectivity index (χ0n) is 11.7. The Morgan fingerprint density at radius 3 is 2.52 bits per heavy atom. The van der Waals surface area contributed by atoms with Crippen molar-refractivity contribution in [3.05, 3.63) is 29.8 Å². The number of primary amides is 1. The molecule has 1 heterocycles. The third-order valence-electron chi connectivity index (χ3n) is 3.88. The standard InChI is InChI=1S/C14H17N3O3S/c1-14(13(16)18)7-9-17(10-14)21(19,20)12-4-2-11(3-5-12)6-8-15/h2-5H,6-7,9-10H2,1H3,(H2,16,18). The number of benzene rings is 1. The van der Waals surface area contributed by atoms with Crippen molar-refractivity contribution in [3.63, 3.8) is 0 Å². The van der Waals surface area contributed by atoms with Crippen molar-refractivity contribution in [2.45, 2.75) is 24.7 Å². The second kappa shape index (κ2) is 5.47. The monoisotopic (exact) mass is 307 g/mol. The minimum Gasteiger partial charge on any atom is -0.369 e. The minimum absolute atomic E-state index is 0.102. The summed E-state index contributed by atoms with van der Waals surface area (Å²) in [6, 6.07) is 8.23. The van der Waals surface area contributed by atoms with E-state index >= 15 is 0 Å². The smallest absolute Gasteiger partial charge is 0.243 e. The molecule has 0 saturated carbocycles. The Hall–Kier alpha value is -1.91. The molecule has 112 valence electrons. The van der Waals surface area contributed by atoms with Gasteiger partial charge in [0.15, 0.2) is 0 Å². The first-order valence-electron chi connectivity index (χ1n) is 6.55. The molecule has 2 N–H and O–H groups in total. The number of rotatable bonds is 4. The van der Waals surface area contributed by atoms with Crippen molar-refractivity contribution in [2.75, 3.05) is 13.1 Å². The third-order valence-corrected chi connectivity index (χ3v) is 5.74. The molecule has 1 atom stereocenters. The van der Waals surface area contributed by atoms with Crippen LogP contribution in [0.25, 0.3) is 0 Å². The number of hydrogen-bond donors (Lipinski definition) is 1. The molecular weight excluding hydrogens is 290 g/mol. The Kier molecular flexibility index (Phi) is 4.03. The summed E-state index contributed by atoms with van der Waals surface area (Å²) in [7, 11) is -3.63. The fraction of sp³-hybridized carbons (Fsp3) is 0.429. The lowest BCUT2D eigenvalue weighted by atomic mass is 9.89. The molecule has 1 unspecified atom stereocenters. The van der Waals surface area contributed by atoms with Gasteiger partial charge in [0, 0.05) is 13.1 Å². The molecule has 1 fully saturated rings. The summed E-state index contributed by atoms with van der Waals surface area (Å²) in [6.07, 6.45) is 0.665. The van der Waals surface area contributed by atoms with E-state index in [1.54, 1.807) is 19.1 Å². The van der Waals surface area contributed by atoms with Gasteiger partial charge in [0.05, 0.1) is 22.8 Å². The lowest BCUT2D eigenvalue weighted by Gasteiger charge is -2.21. The van der Waals surface area contributed by atoms with Gasteiger partial charge < -0.3 is 5.73 Å². The highest BCUT2D eigenvalue weighted by Crippen LogP contribution is 2.33. The van der Waals surface area contributed by atoms with Crippen molar-refractivity contribution in [2.24, 2.45) is 11.1 Å². The van der Waals surface area contributed by atoms with Gasteiger partial charge in [-0.1, -0.05) is 12.1 Å². The number of nitriles is 1. The van der Waals surface area contributed by atoms with Crippen molar-refractivity contribution in [1.82, 2.24) is 4.31 Å². The van der Waals surface area contributed by atoms with Gasteiger partial charge >= 0.3 is 0 Å². The predicted octanol–water partition coefficient (Wildman–Crippen LogP) is 0.639. The van der Waals surface area contributed by atoms with E-state index in [-0.39, 0.29) is 24.4 Å². The van der Waals surface area contributed by atoms with E-state index < -0.39 is 21.3 Å². The topological polar surface area (TPSA) is 104 Å². The first-order valence-corrected chi connectivity index (χ1v) is 7.99. The predicted molar refractivity (Wildman–Crippen MR) is 76.4 cm³/mol. The van der Waals surface area contributed by atoms with Crippen LogP contribution in [0.15, 0.2) is 29.2 Å². The molecule has 0 aromatic heterocycles. The molecule has 1 saturated heterocycles. The summed E-state index contributed by atoms with van der Waals surface area (Å²) >= 11 is 0. The van der Waals surface area contributed by atoms with Gasteiger partial charge in [-0.2, -0.15) is 9.57 Å². The van der Waals surface area contributed by atoms with Crippen LogP contribution in [0.4, 0.5) is 0 Å². The van der Waals surface area contributed by atoms with Gasteiger partial charge in [-0.15, -0.1) is 0 Å². The molecule has 6 nitrogen and oxygen atoms in total. The molecule has 1 aromatic rings. The minimum atomic E-state index is -3.63. The van der Waals surface area contributed by atoms with Crippen molar-refractivity contribution < 1.29 is 13.2 Å². The van der Waals surface area contributed by atoms with E-state index in [2.05, 4.69) is 0 Å². The van der Waals surface area contributed by atoms with Gasteiger partial charge in [-0.25, -0.2) is 8.42 Å². The molecule has 0 bridgehead atoms. The Bertz CT molecular complexity index is 691. The summed E-state index contributed by atoms with van der Waals surface area (Å²) in [5, 5.41) is 8.61. The fourth-order valence-corrected chi connectivity index (χ4v) is 3.91. The van der Waals surface area contributed by atoms with Crippen LogP contribution >= 0.6 is 0 Å². The van der Waals surface area contributed by atoms with E-state index in [1.807, 2.05) is 6.07 Å². The van der Waals surface area contributed by atoms with Gasteiger partial charge in [0.1, 0.15) is 0 Å². The number of carbonyl (C=O) groups is 1. The van der Waals surface area contributed by atoms with Crippen LogP contribution in [0.2, 0.25) is 0 Å². The molecule has 21 heavy (non-hydrogen) atoms. The summed E-state index contributed by atoms with van der Waals surface area (Å²) in [6.45, 7) is 2.06. The van der Waals surface area contributed by atoms with Crippen molar-refractivity contribution in [1.29, 1.82) is 5.26 Å². The van der Waals surface area contributed by atoms with Crippen LogP contribution in [-0.4, -0.2) is 31.7 Å². The highest BCUT2D eigenvalue weighted by atomic mass is 32.2. The van der Waals surface area contributed by atoms with Gasteiger partial charge in [0.25, 0.3) is 0 Å². The Balaban J connectivity index is 2.23. The molecule has 2 rings (SSSR count). The lowest BCUT2D eigenvalue weighted by Crippen LogP contribution is -2.38. The zero-order chi connectivity index (χ0) is 15.7. The van der Waals surface area contributed by atoms with Crippen LogP contribution in [-0.2, 0) is 21.2 Å². The summed E-state index contributed by atoms with van der Waals surface area (Å²) in [5.41, 5.74) is 5.29. The Morgan fingerprint density at radius 1 is 1.43 bits per heavy atom. The van der Waals surface area contributed by atoms with E-state index in [0.717, 1.165) is 5.56 Å². The first-order chi connectivity index (χ1) is 9.79. The Morgan fingerprint density at radius 2 is 2.05 bits per heavy atom. The van der Waals surface area contributed by atoms with Crippen LogP contribution < -0.4 is 5.73 Å². The van der Waals surface area contributed by atoms with Crippen molar-refractivity contribution >= 4 is 15.9 Å². The summed E-state index contributed by atoms with van der Waals surface area (Å²) in [4.78, 5) is 11.6. The quantitative estimate of drug-likeness (QED) is 0.881. The van der Waals surface area contributed by atoms with E-state index in [4.69, 9.17) is 11.0 Å². The average Bonchev–Trinajstić information content (AvgIpc) is 2.85. The maximum atomic E-state index is 12.5. The zero-order valence-corrected chi connectivity index (χ0v) is 12.6. The van der Waals surface area contributed by atoms with Crippen LogP contribution in [0.1, 0.15) is 18.9 Å². The number of nitrogens with two attached hydrogens (primary N) is 1. The van der Waals surface area contributed by atoms with E-state index in [9.17, 15) is 13.2 Å². The second-order valence-electron chi connectivity index (χ2n) is 5.49. The largest absolute Gasteiger partial charge is 0.369 e. The maximum absolute atomic E-state index is 12.5. The third kappa shape index (κ3) is 2.91. The molecular formula is C14H17N3O3S. The summed E-state index contributed by atoms with van der Waals surface area (Å²) in [5.74, 6) is -0.482. The average molecular weight is 307 g/mol. The number of carbonyl (C=O) groups excluding carboxylic acids is 1. The number of nitrogens with zero attached hydrogens (tertiary/aromatic N) is 2. The van der Waals surface area contributed by atoms with Gasteiger partial charge in [-0.3, -0.25) is 4.79 Å². The SMILES string of the molecule is CC1(C(N)=O)CCN(S(=O)(=O)c2ccc(CC#N)cc2)C1. The molecule has 1 aliphatic rings. The van der Waals surface area contributed by atoms with Crippen LogP contribution in [0.5, 0.6) is 0 Å².